The molecular formula is C17H17NO3. The molecule has 1 heterocycles. The highest BCUT2D eigenvalue weighted by atomic mass is 16.3. The van der Waals surface area contributed by atoms with E-state index in [9.17, 15) is 4.79 Å². The molecule has 108 valence electrons. The minimum Gasteiger partial charge on any atom is -0.459 e. The smallest absolute Gasteiger partial charge is 0.291 e. The number of benzene rings is 1. The quantitative estimate of drug-likeness (QED) is 0.851. The van der Waals surface area contributed by atoms with Crippen LogP contribution in [-0.4, -0.2) is 17.6 Å². The zero-order valence-corrected chi connectivity index (χ0v) is 12.1. The number of carbonyl (C=O) groups is 1. The highest BCUT2D eigenvalue weighted by molar-refractivity contribution is 6.03. The van der Waals surface area contributed by atoms with Crippen molar-refractivity contribution in [2.24, 2.45) is 0 Å². The minimum atomic E-state index is -0.264. The number of nitrogens with one attached hydrogen (secondary N) is 1. The number of aliphatic hydroxyl groups excluding tert-OH is 1. The van der Waals surface area contributed by atoms with E-state index in [-0.39, 0.29) is 12.5 Å². The summed E-state index contributed by atoms with van der Waals surface area (Å²) in [7, 11) is 0. The van der Waals surface area contributed by atoms with E-state index in [4.69, 9.17) is 9.52 Å². The van der Waals surface area contributed by atoms with Gasteiger partial charge in [0.05, 0.1) is 12.9 Å². The lowest BCUT2D eigenvalue weighted by Crippen LogP contribution is -2.13. The minimum absolute atomic E-state index is 0.0582. The van der Waals surface area contributed by atoms with E-state index >= 15 is 0 Å². The molecule has 1 aromatic carbocycles. The van der Waals surface area contributed by atoms with Crippen molar-refractivity contribution in [2.45, 2.75) is 20.3 Å². The summed E-state index contributed by atoms with van der Waals surface area (Å²) >= 11 is 0. The Bertz CT molecular complexity index is 704. The number of rotatable bonds is 3. The first-order valence-electron chi connectivity index (χ1n) is 6.67. The molecule has 1 aromatic heterocycles. The van der Waals surface area contributed by atoms with Crippen molar-refractivity contribution in [3.8, 4) is 11.8 Å². The topological polar surface area (TPSA) is 62.5 Å². The number of aliphatic hydroxyl groups is 1. The van der Waals surface area contributed by atoms with E-state index < -0.39 is 0 Å². The van der Waals surface area contributed by atoms with Gasteiger partial charge in [0.25, 0.3) is 5.91 Å². The van der Waals surface area contributed by atoms with Gasteiger partial charge in [-0.2, -0.15) is 0 Å². The Kier molecular flexibility index (Phi) is 4.81. The molecule has 0 atom stereocenters. The van der Waals surface area contributed by atoms with Crippen LogP contribution in [0, 0.1) is 25.7 Å². The molecule has 21 heavy (non-hydrogen) atoms. The van der Waals surface area contributed by atoms with Crippen LogP contribution in [0.5, 0.6) is 0 Å². The Morgan fingerprint density at radius 1 is 1.29 bits per heavy atom. The molecule has 0 aliphatic rings. The molecule has 0 radical (unpaired) electrons. The van der Waals surface area contributed by atoms with Crippen LogP contribution in [0.1, 0.15) is 33.7 Å². The summed E-state index contributed by atoms with van der Waals surface area (Å²) in [6, 6.07) is 7.30. The standard InChI is InChI=1S/C17H17NO3/c1-12-8-10-21-16(12)17(20)18-15-7-6-14(11-13(15)2)5-3-4-9-19/h6-8,10-11,19H,4,9H2,1-2H3,(H,18,20). The van der Waals surface area contributed by atoms with Gasteiger partial charge in [0, 0.05) is 23.2 Å². The Balaban J connectivity index is 2.13. The molecule has 2 aromatic rings. The fraction of sp³-hybridized carbons (Fsp3) is 0.235. The number of amides is 1. The summed E-state index contributed by atoms with van der Waals surface area (Å²) in [5, 5.41) is 11.5. The van der Waals surface area contributed by atoms with Gasteiger partial charge in [0.2, 0.25) is 0 Å². The molecule has 1 amide bonds. The Hall–Kier alpha value is -2.51. The molecule has 0 fully saturated rings. The largest absolute Gasteiger partial charge is 0.459 e. The molecule has 0 aliphatic heterocycles. The first kappa shape index (κ1) is 14.9. The summed E-state index contributed by atoms with van der Waals surface area (Å²) in [5.41, 5.74) is 3.30. The summed E-state index contributed by atoms with van der Waals surface area (Å²) < 4.78 is 5.17. The first-order chi connectivity index (χ1) is 10.1. The van der Waals surface area contributed by atoms with Crippen LogP contribution in [0.2, 0.25) is 0 Å². The molecule has 0 spiro atoms. The van der Waals surface area contributed by atoms with Gasteiger partial charge in [0.1, 0.15) is 0 Å². The highest BCUT2D eigenvalue weighted by Crippen LogP contribution is 2.18. The van der Waals surface area contributed by atoms with Crippen LogP contribution in [0.25, 0.3) is 0 Å². The third-order valence-electron chi connectivity index (χ3n) is 3.01. The molecular weight excluding hydrogens is 266 g/mol. The van der Waals surface area contributed by atoms with Gasteiger partial charge in [-0.1, -0.05) is 11.8 Å². The molecule has 4 heteroatoms. The normalized spacial score (nSPS) is 9.86. The predicted molar refractivity (Wildman–Crippen MR) is 81.2 cm³/mol. The predicted octanol–water partition coefficient (Wildman–Crippen LogP) is 2.88. The molecule has 2 rings (SSSR count). The fourth-order valence-corrected chi connectivity index (χ4v) is 1.89. The number of furan rings is 1. The van der Waals surface area contributed by atoms with Gasteiger partial charge in [-0.25, -0.2) is 0 Å². The van der Waals surface area contributed by atoms with Crippen LogP contribution in [0.3, 0.4) is 0 Å². The molecule has 0 unspecified atom stereocenters. The Morgan fingerprint density at radius 2 is 2.10 bits per heavy atom. The van der Waals surface area contributed by atoms with Crippen LogP contribution < -0.4 is 5.32 Å². The van der Waals surface area contributed by atoms with Gasteiger partial charge in [-0.15, -0.1) is 0 Å². The molecule has 0 saturated heterocycles. The van der Waals surface area contributed by atoms with Gasteiger partial charge in [0.15, 0.2) is 5.76 Å². The third-order valence-corrected chi connectivity index (χ3v) is 3.01. The van der Waals surface area contributed by atoms with Gasteiger partial charge in [-0.05, 0) is 43.7 Å². The van der Waals surface area contributed by atoms with Gasteiger partial charge >= 0.3 is 0 Å². The zero-order chi connectivity index (χ0) is 15.2. The van der Waals surface area contributed by atoms with Crippen LogP contribution >= 0.6 is 0 Å². The molecule has 2 N–H and O–H groups in total. The van der Waals surface area contributed by atoms with Crippen molar-refractivity contribution in [3.05, 3.63) is 53.0 Å². The second-order valence-electron chi connectivity index (χ2n) is 4.69. The first-order valence-corrected chi connectivity index (χ1v) is 6.67. The van der Waals surface area contributed by atoms with Crippen LogP contribution in [0.4, 0.5) is 5.69 Å². The molecule has 0 saturated carbocycles. The molecule has 4 nitrogen and oxygen atoms in total. The van der Waals surface area contributed by atoms with Crippen LogP contribution in [-0.2, 0) is 0 Å². The van der Waals surface area contributed by atoms with E-state index in [2.05, 4.69) is 17.2 Å². The van der Waals surface area contributed by atoms with E-state index in [1.807, 2.05) is 32.0 Å². The monoisotopic (exact) mass is 283 g/mol. The maximum Gasteiger partial charge on any atom is 0.291 e. The maximum atomic E-state index is 12.1. The highest BCUT2D eigenvalue weighted by Gasteiger charge is 2.13. The SMILES string of the molecule is Cc1cc(C#CCCO)ccc1NC(=O)c1occc1C. The lowest BCUT2D eigenvalue weighted by Gasteiger charge is -2.08. The molecule has 0 aliphatic carbocycles. The Morgan fingerprint density at radius 3 is 2.71 bits per heavy atom. The Labute approximate surface area is 123 Å². The second kappa shape index (κ2) is 6.78. The number of anilines is 1. The van der Waals surface area contributed by atoms with Crippen molar-refractivity contribution in [1.29, 1.82) is 0 Å². The van der Waals surface area contributed by atoms with Gasteiger partial charge in [-0.3, -0.25) is 4.79 Å². The van der Waals surface area contributed by atoms with Gasteiger partial charge < -0.3 is 14.8 Å². The number of aryl methyl sites for hydroxylation is 2. The average molecular weight is 283 g/mol. The van der Waals surface area contributed by atoms with Crippen molar-refractivity contribution in [3.63, 3.8) is 0 Å². The van der Waals surface area contributed by atoms with E-state index in [1.165, 1.54) is 6.26 Å². The average Bonchev–Trinajstić information content (AvgIpc) is 2.88. The zero-order valence-electron chi connectivity index (χ0n) is 12.1. The van der Waals surface area contributed by atoms with Crippen molar-refractivity contribution >= 4 is 11.6 Å². The number of hydrogen-bond donors (Lipinski definition) is 2. The van der Waals surface area contributed by atoms with Crippen molar-refractivity contribution in [1.82, 2.24) is 0 Å². The third kappa shape index (κ3) is 3.74. The second-order valence-corrected chi connectivity index (χ2v) is 4.69. The number of carbonyl (C=O) groups excluding carboxylic acids is 1. The fourth-order valence-electron chi connectivity index (χ4n) is 1.89. The summed E-state index contributed by atoms with van der Waals surface area (Å²) in [6.07, 6.45) is 1.95. The van der Waals surface area contributed by atoms with Crippen LogP contribution in [0.15, 0.2) is 34.9 Å². The van der Waals surface area contributed by atoms with Crippen molar-refractivity contribution in [2.75, 3.05) is 11.9 Å². The summed E-state index contributed by atoms with van der Waals surface area (Å²) in [4.78, 5) is 12.1. The number of hydrogen-bond acceptors (Lipinski definition) is 3. The lowest BCUT2D eigenvalue weighted by molar-refractivity contribution is 0.0996. The van der Waals surface area contributed by atoms with E-state index in [0.717, 1.165) is 22.4 Å². The summed E-state index contributed by atoms with van der Waals surface area (Å²) in [5.74, 6) is 5.89. The van der Waals surface area contributed by atoms with E-state index in [0.29, 0.717) is 12.2 Å². The van der Waals surface area contributed by atoms with Crippen molar-refractivity contribution < 1.29 is 14.3 Å². The molecule has 0 bridgehead atoms. The summed E-state index contributed by atoms with van der Waals surface area (Å²) in [6.45, 7) is 3.79. The van der Waals surface area contributed by atoms with E-state index in [1.54, 1.807) is 6.07 Å². The maximum absolute atomic E-state index is 12.1. The lowest BCUT2D eigenvalue weighted by atomic mass is 10.1.